The highest BCUT2D eigenvalue weighted by molar-refractivity contribution is 5.83. The van der Waals surface area contributed by atoms with Gasteiger partial charge in [-0.2, -0.15) is 0 Å². The van der Waals surface area contributed by atoms with Gasteiger partial charge in [0.25, 0.3) is 0 Å². The number of carbonyl (C=O) groups is 2. The second kappa shape index (κ2) is 7.11. The third-order valence-corrected chi connectivity index (χ3v) is 10.0. The minimum Gasteiger partial charge on any atom is -0.481 e. The Morgan fingerprint density at radius 1 is 1.11 bits per heavy atom. The summed E-state index contributed by atoms with van der Waals surface area (Å²) in [7, 11) is 0. The number of ketones is 1. The van der Waals surface area contributed by atoms with E-state index in [0.717, 1.165) is 44.9 Å². The number of fused-ring (bicyclic) bond motifs is 5. The predicted molar refractivity (Wildman–Crippen MR) is 108 cm³/mol. The number of hydrogen-bond donors (Lipinski definition) is 2. The third kappa shape index (κ3) is 3.05. The van der Waals surface area contributed by atoms with E-state index >= 15 is 0 Å². The number of carboxylic acid groups (broad SMARTS) is 1. The maximum atomic E-state index is 13.3. The number of aliphatic hydroxyl groups excluding tert-OH is 1. The number of Topliss-reactive ketones (excluding diaryl/α,β-unsaturated/α-hetero) is 1. The normalized spacial score (nSPS) is 49.1. The molecule has 4 rings (SSSR count). The summed E-state index contributed by atoms with van der Waals surface area (Å²) in [6, 6.07) is 0. The summed E-state index contributed by atoms with van der Waals surface area (Å²) in [5.74, 6) is 2.25. The van der Waals surface area contributed by atoms with Crippen LogP contribution < -0.4 is 0 Å². The van der Waals surface area contributed by atoms with Gasteiger partial charge in [-0.3, -0.25) is 9.59 Å². The lowest BCUT2D eigenvalue weighted by atomic mass is 9.44. The van der Waals surface area contributed by atoms with E-state index in [1.807, 2.05) is 0 Å². The van der Waals surface area contributed by atoms with E-state index < -0.39 is 5.97 Å². The van der Waals surface area contributed by atoms with Crippen LogP contribution in [-0.2, 0) is 9.59 Å². The number of aliphatic hydroxyl groups is 1. The standard InChI is InChI=1S/C24H38O4/c1-14(4-7-21(27)28)17-5-6-18-22-19(9-11-24(17,18)3)23(2)10-8-16(25)12-15(23)13-20(22)26/h14-19,22,25H,4-13H2,1-3H3,(H,27,28)/t14-,15-,16+,17+,18-,19-,22-,23+,24+/m1/s1. The van der Waals surface area contributed by atoms with Gasteiger partial charge < -0.3 is 10.2 Å². The predicted octanol–water partition coefficient (Wildman–Crippen LogP) is 4.69. The van der Waals surface area contributed by atoms with Gasteiger partial charge in [0.2, 0.25) is 0 Å². The van der Waals surface area contributed by atoms with Crippen LogP contribution in [0, 0.1) is 46.3 Å². The molecular formula is C24H38O4. The van der Waals surface area contributed by atoms with Crippen LogP contribution in [0.4, 0.5) is 0 Å². The van der Waals surface area contributed by atoms with Gasteiger partial charge in [-0.05, 0) is 91.8 Å². The Bertz CT molecular complexity index is 645. The minimum atomic E-state index is -0.698. The number of carbonyl (C=O) groups excluding carboxylic acids is 1. The summed E-state index contributed by atoms with van der Waals surface area (Å²) in [5, 5.41) is 19.3. The van der Waals surface area contributed by atoms with Crippen molar-refractivity contribution >= 4 is 11.8 Å². The zero-order valence-corrected chi connectivity index (χ0v) is 17.8. The van der Waals surface area contributed by atoms with Crippen molar-refractivity contribution in [2.75, 3.05) is 0 Å². The maximum Gasteiger partial charge on any atom is 0.303 e. The smallest absolute Gasteiger partial charge is 0.303 e. The van der Waals surface area contributed by atoms with Crippen molar-refractivity contribution in [1.82, 2.24) is 0 Å². The second-order valence-electron chi connectivity index (χ2n) is 11.2. The molecule has 0 aromatic carbocycles. The van der Waals surface area contributed by atoms with Crippen LogP contribution in [0.2, 0.25) is 0 Å². The van der Waals surface area contributed by atoms with Crippen LogP contribution in [0.3, 0.4) is 0 Å². The molecule has 0 aliphatic heterocycles. The van der Waals surface area contributed by atoms with Gasteiger partial charge in [-0.25, -0.2) is 0 Å². The Hall–Kier alpha value is -0.900. The third-order valence-electron chi connectivity index (χ3n) is 10.0. The SMILES string of the molecule is C[C@H](CCC(=O)O)[C@@H]1CC[C@@H]2[C@H]3C(=O)C[C@H]4C[C@@H](O)CC[C@]4(C)[C@@H]3CC[C@]21C. The van der Waals surface area contributed by atoms with Gasteiger partial charge in [0, 0.05) is 18.8 Å². The highest BCUT2D eigenvalue weighted by atomic mass is 16.4. The molecule has 0 unspecified atom stereocenters. The Labute approximate surface area is 169 Å². The molecule has 0 bridgehead atoms. The van der Waals surface area contributed by atoms with Crippen LogP contribution in [0.25, 0.3) is 0 Å². The zero-order chi connectivity index (χ0) is 20.3. The molecular weight excluding hydrogens is 352 g/mol. The molecule has 4 saturated carbocycles. The number of carboxylic acids is 1. The molecule has 9 atom stereocenters. The van der Waals surface area contributed by atoms with Gasteiger partial charge in [0.05, 0.1) is 6.10 Å². The molecule has 4 aliphatic carbocycles. The quantitative estimate of drug-likeness (QED) is 0.730. The van der Waals surface area contributed by atoms with Gasteiger partial charge >= 0.3 is 5.97 Å². The van der Waals surface area contributed by atoms with Crippen molar-refractivity contribution in [2.24, 2.45) is 46.3 Å². The lowest BCUT2D eigenvalue weighted by molar-refractivity contribution is -0.160. The Morgan fingerprint density at radius 2 is 1.79 bits per heavy atom. The average molecular weight is 391 g/mol. The van der Waals surface area contributed by atoms with E-state index in [9.17, 15) is 14.7 Å². The van der Waals surface area contributed by atoms with Gasteiger partial charge in [0.1, 0.15) is 5.78 Å². The van der Waals surface area contributed by atoms with Crippen LogP contribution in [0.5, 0.6) is 0 Å². The van der Waals surface area contributed by atoms with Gasteiger partial charge in [-0.1, -0.05) is 20.8 Å². The van der Waals surface area contributed by atoms with E-state index in [4.69, 9.17) is 5.11 Å². The molecule has 4 fully saturated rings. The molecule has 0 heterocycles. The number of hydrogen-bond acceptors (Lipinski definition) is 3. The monoisotopic (exact) mass is 390 g/mol. The van der Waals surface area contributed by atoms with Crippen LogP contribution in [0.1, 0.15) is 85.0 Å². The van der Waals surface area contributed by atoms with Crippen molar-refractivity contribution in [3.63, 3.8) is 0 Å². The fourth-order valence-electron chi connectivity index (χ4n) is 8.44. The number of rotatable bonds is 4. The molecule has 0 spiro atoms. The van der Waals surface area contributed by atoms with Crippen LogP contribution in [0.15, 0.2) is 0 Å². The lowest BCUT2D eigenvalue weighted by Gasteiger charge is -2.60. The van der Waals surface area contributed by atoms with E-state index in [0.29, 0.717) is 41.8 Å². The summed E-state index contributed by atoms with van der Waals surface area (Å²) < 4.78 is 0. The minimum absolute atomic E-state index is 0.187. The maximum absolute atomic E-state index is 13.3. The molecule has 4 nitrogen and oxygen atoms in total. The van der Waals surface area contributed by atoms with E-state index in [-0.39, 0.29) is 29.3 Å². The van der Waals surface area contributed by atoms with Crippen molar-refractivity contribution < 1.29 is 19.8 Å². The first kappa shape index (κ1) is 20.4. The molecule has 0 saturated heterocycles. The van der Waals surface area contributed by atoms with Gasteiger partial charge in [0.15, 0.2) is 0 Å². The zero-order valence-electron chi connectivity index (χ0n) is 17.8. The molecule has 0 amide bonds. The van der Waals surface area contributed by atoms with Gasteiger partial charge in [-0.15, -0.1) is 0 Å². The highest BCUT2D eigenvalue weighted by Crippen LogP contribution is 2.67. The average Bonchev–Trinajstić information content (AvgIpc) is 2.98. The summed E-state index contributed by atoms with van der Waals surface area (Å²) >= 11 is 0. The van der Waals surface area contributed by atoms with Crippen molar-refractivity contribution in [3.8, 4) is 0 Å². The largest absolute Gasteiger partial charge is 0.481 e. The first-order valence-corrected chi connectivity index (χ1v) is 11.6. The van der Waals surface area contributed by atoms with E-state index in [1.54, 1.807) is 0 Å². The molecule has 4 heteroatoms. The fourth-order valence-corrected chi connectivity index (χ4v) is 8.44. The Morgan fingerprint density at radius 3 is 2.50 bits per heavy atom. The van der Waals surface area contributed by atoms with Crippen molar-refractivity contribution in [3.05, 3.63) is 0 Å². The molecule has 0 radical (unpaired) electrons. The van der Waals surface area contributed by atoms with Crippen LogP contribution >= 0.6 is 0 Å². The lowest BCUT2D eigenvalue weighted by Crippen LogP contribution is -2.57. The molecule has 28 heavy (non-hydrogen) atoms. The first-order valence-electron chi connectivity index (χ1n) is 11.6. The molecule has 4 aliphatic rings. The topological polar surface area (TPSA) is 74.6 Å². The second-order valence-corrected chi connectivity index (χ2v) is 11.2. The Kier molecular flexibility index (Phi) is 5.17. The molecule has 0 aromatic heterocycles. The summed E-state index contributed by atoms with van der Waals surface area (Å²) in [6.45, 7) is 7.06. The van der Waals surface area contributed by atoms with Crippen molar-refractivity contribution in [2.45, 2.75) is 91.1 Å². The fraction of sp³-hybridized carbons (Fsp3) is 0.917. The Balaban J connectivity index is 1.56. The highest BCUT2D eigenvalue weighted by Gasteiger charge is 2.62. The van der Waals surface area contributed by atoms with E-state index in [1.165, 1.54) is 6.42 Å². The van der Waals surface area contributed by atoms with E-state index in [2.05, 4.69) is 20.8 Å². The molecule has 2 N–H and O–H groups in total. The summed E-state index contributed by atoms with van der Waals surface area (Å²) in [6.07, 6.45) is 8.81. The molecule has 0 aromatic rings. The summed E-state index contributed by atoms with van der Waals surface area (Å²) in [4.78, 5) is 24.4. The first-order chi connectivity index (χ1) is 13.2. The van der Waals surface area contributed by atoms with Crippen molar-refractivity contribution in [1.29, 1.82) is 0 Å². The van der Waals surface area contributed by atoms with Crippen LogP contribution in [-0.4, -0.2) is 28.1 Å². The molecule has 158 valence electrons. The number of aliphatic carboxylic acids is 1. The summed E-state index contributed by atoms with van der Waals surface area (Å²) in [5.41, 5.74) is 0.401.